The van der Waals surface area contributed by atoms with E-state index in [0.29, 0.717) is 0 Å². The molecule has 1 atom stereocenters. The number of rotatable bonds is 2. The Kier molecular flexibility index (Phi) is 3.29. The molecule has 0 aromatic heterocycles. The zero-order valence-electron chi connectivity index (χ0n) is 7.39. The van der Waals surface area contributed by atoms with Gasteiger partial charge in [-0.25, -0.2) is 8.78 Å². The summed E-state index contributed by atoms with van der Waals surface area (Å²) < 4.78 is 26.5. The van der Waals surface area contributed by atoms with E-state index in [4.69, 9.17) is 21.8 Å². The van der Waals surface area contributed by atoms with Gasteiger partial charge in [0.2, 0.25) is 0 Å². The van der Waals surface area contributed by atoms with Crippen LogP contribution in [0, 0.1) is 11.6 Å². The molecule has 1 rings (SSSR count). The van der Waals surface area contributed by atoms with Crippen LogP contribution in [0.3, 0.4) is 0 Å². The quantitative estimate of drug-likeness (QED) is 0.755. The standard InChI is InChI=1S/C9H9ClF2O2/c1-4(3-13)7-5(11)2-6(14)8(10)9(7)12/h2,4,13-14H,3H2,1H3. The Morgan fingerprint density at radius 1 is 1.50 bits per heavy atom. The lowest BCUT2D eigenvalue weighted by Gasteiger charge is -2.12. The SMILES string of the molecule is CC(CO)c1c(F)cc(O)c(Cl)c1F. The minimum absolute atomic E-state index is 0.310. The highest BCUT2D eigenvalue weighted by Gasteiger charge is 2.20. The van der Waals surface area contributed by atoms with Crippen molar-refractivity contribution in [3.63, 3.8) is 0 Å². The van der Waals surface area contributed by atoms with Crippen molar-refractivity contribution >= 4 is 11.6 Å². The van der Waals surface area contributed by atoms with E-state index in [1.54, 1.807) is 0 Å². The molecule has 1 aromatic carbocycles. The topological polar surface area (TPSA) is 40.5 Å². The summed E-state index contributed by atoms with van der Waals surface area (Å²) in [5.74, 6) is -3.28. The molecule has 0 saturated carbocycles. The number of halogens is 3. The van der Waals surface area contributed by atoms with Gasteiger partial charge in [0.25, 0.3) is 0 Å². The fourth-order valence-electron chi connectivity index (χ4n) is 1.14. The lowest BCUT2D eigenvalue weighted by atomic mass is 10.0. The average Bonchev–Trinajstić information content (AvgIpc) is 2.14. The maximum Gasteiger partial charge on any atom is 0.152 e. The van der Waals surface area contributed by atoms with Crippen LogP contribution in [0.2, 0.25) is 5.02 Å². The van der Waals surface area contributed by atoms with Crippen molar-refractivity contribution in [2.24, 2.45) is 0 Å². The first-order valence-corrected chi connectivity index (χ1v) is 4.34. The molecule has 2 N–H and O–H groups in total. The molecule has 0 aliphatic rings. The Morgan fingerprint density at radius 2 is 2.07 bits per heavy atom. The maximum atomic E-state index is 13.3. The van der Waals surface area contributed by atoms with E-state index >= 15 is 0 Å². The Bertz CT molecular complexity index is 355. The van der Waals surface area contributed by atoms with Crippen LogP contribution in [0.4, 0.5) is 8.78 Å². The van der Waals surface area contributed by atoms with Crippen molar-refractivity contribution in [1.29, 1.82) is 0 Å². The smallest absolute Gasteiger partial charge is 0.152 e. The largest absolute Gasteiger partial charge is 0.506 e. The zero-order valence-corrected chi connectivity index (χ0v) is 8.15. The summed E-state index contributed by atoms with van der Waals surface area (Å²) in [5.41, 5.74) is -0.310. The maximum absolute atomic E-state index is 13.3. The van der Waals surface area contributed by atoms with Crippen LogP contribution in [0.5, 0.6) is 5.75 Å². The van der Waals surface area contributed by atoms with Crippen LogP contribution in [0.1, 0.15) is 18.4 Å². The van der Waals surface area contributed by atoms with E-state index in [1.165, 1.54) is 6.92 Å². The van der Waals surface area contributed by atoms with Gasteiger partial charge in [0.1, 0.15) is 16.6 Å². The molecule has 0 aliphatic carbocycles. The number of aliphatic hydroxyl groups is 1. The molecule has 0 fully saturated rings. The number of hydrogen-bond donors (Lipinski definition) is 2. The fourth-order valence-corrected chi connectivity index (χ4v) is 1.30. The molecule has 0 saturated heterocycles. The molecule has 1 unspecified atom stereocenters. The van der Waals surface area contributed by atoms with Crippen molar-refractivity contribution in [1.82, 2.24) is 0 Å². The molecule has 1 aromatic rings. The van der Waals surface area contributed by atoms with Crippen LogP contribution in [-0.2, 0) is 0 Å². The molecule has 78 valence electrons. The van der Waals surface area contributed by atoms with Crippen LogP contribution in [0.25, 0.3) is 0 Å². The second-order valence-corrected chi connectivity index (χ2v) is 3.38. The predicted molar refractivity (Wildman–Crippen MR) is 48.5 cm³/mol. The van der Waals surface area contributed by atoms with Crippen LogP contribution < -0.4 is 0 Å². The Hall–Kier alpha value is -0.870. The first-order chi connectivity index (χ1) is 6.49. The molecule has 5 heteroatoms. The van der Waals surface area contributed by atoms with Crippen molar-refractivity contribution in [3.05, 3.63) is 28.3 Å². The monoisotopic (exact) mass is 222 g/mol. The van der Waals surface area contributed by atoms with E-state index in [2.05, 4.69) is 0 Å². The fraction of sp³-hybridized carbons (Fsp3) is 0.333. The van der Waals surface area contributed by atoms with Gasteiger partial charge in [0, 0.05) is 24.2 Å². The van der Waals surface area contributed by atoms with E-state index in [1.807, 2.05) is 0 Å². The second kappa shape index (κ2) is 4.11. The molecule has 0 radical (unpaired) electrons. The number of phenolic OH excluding ortho intramolecular Hbond substituents is 1. The van der Waals surface area contributed by atoms with Gasteiger partial charge in [-0.3, -0.25) is 0 Å². The summed E-state index contributed by atoms with van der Waals surface area (Å²) in [5, 5.41) is 17.2. The zero-order chi connectivity index (χ0) is 10.9. The predicted octanol–water partition coefficient (Wildman–Crippen LogP) is 2.42. The third-order valence-electron chi connectivity index (χ3n) is 1.94. The highest BCUT2D eigenvalue weighted by molar-refractivity contribution is 6.32. The lowest BCUT2D eigenvalue weighted by molar-refractivity contribution is 0.267. The van der Waals surface area contributed by atoms with Gasteiger partial charge < -0.3 is 10.2 Å². The normalized spacial score (nSPS) is 12.9. The number of hydrogen-bond acceptors (Lipinski definition) is 2. The van der Waals surface area contributed by atoms with Gasteiger partial charge in [-0.05, 0) is 0 Å². The number of benzene rings is 1. The molecule has 0 amide bonds. The summed E-state index contributed by atoms with van der Waals surface area (Å²) in [7, 11) is 0. The van der Waals surface area contributed by atoms with E-state index in [-0.39, 0.29) is 5.56 Å². The van der Waals surface area contributed by atoms with Gasteiger partial charge in [-0.2, -0.15) is 0 Å². The minimum Gasteiger partial charge on any atom is -0.506 e. The van der Waals surface area contributed by atoms with Crippen molar-refractivity contribution in [3.8, 4) is 5.75 Å². The molecule has 0 heterocycles. The minimum atomic E-state index is -1.02. The van der Waals surface area contributed by atoms with Crippen LogP contribution in [-0.4, -0.2) is 16.8 Å². The number of aromatic hydroxyl groups is 1. The Balaban J connectivity index is 3.36. The highest BCUT2D eigenvalue weighted by Crippen LogP contribution is 2.33. The van der Waals surface area contributed by atoms with Gasteiger partial charge >= 0.3 is 0 Å². The van der Waals surface area contributed by atoms with Crippen LogP contribution >= 0.6 is 11.6 Å². The first kappa shape index (κ1) is 11.2. The van der Waals surface area contributed by atoms with E-state index in [9.17, 15) is 8.78 Å². The van der Waals surface area contributed by atoms with Gasteiger partial charge in [-0.15, -0.1) is 0 Å². The van der Waals surface area contributed by atoms with Crippen molar-refractivity contribution < 1.29 is 19.0 Å². The Labute approximate surface area is 84.7 Å². The molecule has 14 heavy (non-hydrogen) atoms. The molecular formula is C9H9ClF2O2. The third kappa shape index (κ3) is 1.81. The van der Waals surface area contributed by atoms with Gasteiger partial charge in [-0.1, -0.05) is 18.5 Å². The summed E-state index contributed by atoms with van der Waals surface area (Å²) in [6.07, 6.45) is 0. The summed E-state index contributed by atoms with van der Waals surface area (Å²) in [6.45, 7) is 1.06. The van der Waals surface area contributed by atoms with E-state index in [0.717, 1.165) is 6.07 Å². The molecule has 0 spiro atoms. The number of aliphatic hydroxyl groups excluding tert-OH is 1. The summed E-state index contributed by atoms with van der Waals surface area (Å²) in [4.78, 5) is 0. The number of phenols is 1. The third-order valence-corrected chi connectivity index (χ3v) is 2.30. The average molecular weight is 223 g/mol. The first-order valence-electron chi connectivity index (χ1n) is 3.96. The van der Waals surface area contributed by atoms with E-state index < -0.39 is 34.9 Å². The van der Waals surface area contributed by atoms with Gasteiger partial charge in [0.15, 0.2) is 5.82 Å². The van der Waals surface area contributed by atoms with Crippen molar-refractivity contribution in [2.75, 3.05) is 6.61 Å². The molecular weight excluding hydrogens is 214 g/mol. The highest BCUT2D eigenvalue weighted by atomic mass is 35.5. The lowest BCUT2D eigenvalue weighted by Crippen LogP contribution is -2.05. The summed E-state index contributed by atoms with van der Waals surface area (Å²) >= 11 is 5.38. The van der Waals surface area contributed by atoms with Gasteiger partial charge in [0.05, 0.1) is 0 Å². The summed E-state index contributed by atoms with van der Waals surface area (Å²) in [6, 6.07) is 0.729. The van der Waals surface area contributed by atoms with Crippen molar-refractivity contribution in [2.45, 2.75) is 12.8 Å². The molecule has 0 aliphatic heterocycles. The molecule has 0 bridgehead atoms. The molecule has 2 nitrogen and oxygen atoms in total. The van der Waals surface area contributed by atoms with Crippen LogP contribution in [0.15, 0.2) is 6.07 Å². The second-order valence-electron chi connectivity index (χ2n) is 3.00. The Morgan fingerprint density at radius 3 is 2.57 bits per heavy atom.